The highest BCUT2D eigenvalue weighted by molar-refractivity contribution is 6.06. The number of hydrogen-bond acceptors (Lipinski definition) is 5. The molecule has 0 aliphatic carbocycles. The van der Waals surface area contributed by atoms with E-state index < -0.39 is 0 Å². The third kappa shape index (κ3) is 6.50. The van der Waals surface area contributed by atoms with Crippen molar-refractivity contribution in [2.45, 2.75) is 13.3 Å². The number of methoxy groups -OCH3 is 1. The summed E-state index contributed by atoms with van der Waals surface area (Å²) < 4.78 is 10.7. The molecule has 3 aromatic carbocycles. The Morgan fingerprint density at radius 3 is 2.31 bits per heavy atom. The monoisotopic (exact) mass is 433 g/mol. The van der Waals surface area contributed by atoms with E-state index in [0.29, 0.717) is 22.7 Å². The van der Waals surface area contributed by atoms with Gasteiger partial charge >= 0.3 is 0 Å². The van der Waals surface area contributed by atoms with Crippen molar-refractivity contribution in [1.29, 1.82) is 0 Å². The molecule has 0 radical (unpaired) electrons. The Morgan fingerprint density at radius 2 is 1.59 bits per heavy atom. The molecule has 0 saturated carbocycles. The highest BCUT2D eigenvalue weighted by Gasteiger charge is 2.10. The molecule has 3 rings (SSSR count). The van der Waals surface area contributed by atoms with Gasteiger partial charge in [0.1, 0.15) is 11.5 Å². The van der Waals surface area contributed by atoms with Gasteiger partial charge in [-0.3, -0.25) is 9.59 Å². The Balaban J connectivity index is 1.53. The highest BCUT2D eigenvalue weighted by atomic mass is 16.5. The number of nitrogens with one attached hydrogen (secondary N) is 3. The van der Waals surface area contributed by atoms with Gasteiger partial charge in [-0.1, -0.05) is 25.1 Å². The third-order valence-corrected chi connectivity index (χ3v) is 4.58. The molecule has 0 saturated heterocycles. The van der Waals surface area contributed by atoms with E-state index in [2.05, 4.69) is 22.9 Å². The molecular weight excluding hydrogens is 406 g/mol. The van der Waals surface area contributed by atoms with E-state index >= 15 is 0 Å². The normalized spacial score (nSPS) is 10.2. The first kappa shape index (κ1) is 22.7. The van der Waals surface area contributed by atoms with Crippen molar-refractivity contribution in [3.8, 4) is 11.5 Å². The van der Waals surface area contributed by atoms with E-state index in [-0.39, 0.29) is 18.4 Å². The summed E-state index contributed by atoms with van der Waals surface area (Å²) in [5, 5.41) is 8.98. The van der Waals surface area contributed by atoms with Crippen LogP contribution in [0.2, 0.25) is 0 Å². The van der Waals surface area contributed by atoms with Crippen LogP contribution in [0, 0.1) is 0 Å². The summed E-state index contributed by atoms with van der Waals surface area (Å²) in [4.78, 5) is 24.7. The molecule has 3 N–H and O–H groups in total. The lowest BCUT2D eigenvalue weighted by Gasteiger charge is -2.13. The number of amides is 2. The number of hydrogen-bond donors (Lipinski definition) is 3. The maximum atomic E-state index is 12.6. The molecule has 32 heavy (non-hydrogen) atoms. The van der Waals surface area contributed by atoms with Crippen molar-refractivity contribution in [3.63, 3.8) is 0 Å². The summed E-state index contributed by atoms with van der Waals surface area (Å²) in [5.41, 5.74) is 2.72. The van der Waals surface area contributed by atoms with Gasteiger partial charge in [-0.25, -0.2) is 0 Å². The third-order valence-electron chi connectivity index (χ3n) is 4.58. The van der Waals surface area contributed by atoms with Crippen LogP contribution in [0.4, 0.5) is 17.1 Å². The van der Waals surface area contributed by atoms with Crippen molar-refractivity contribution >= 4 is 28.9 Å². The zero-order valence-corrected chi connectivity index (χ0v) is 18.2. The second-order valence-electron chi connectivity index (χ2n) is 7.02. The van der Waals surface area contributed by atoms with Crippen LogP contribution in [-0.2, 0) is 4.79 Å². The smallest absolute Gasteiger partial charge is 0.262 e. The van der Waals surface area contributed by atoms with Crippen molar-refractivity contribution in [2.75, 3.05) is 36.2 Å². The van der Waals surface area contributed by atoms with Gasteiger partial charge < -0.3 is 25.4 Å². The minimum Gasteiger partial charge on any atom is -0.497 e. The Morgan fingerprint density at radius 1 is 0.844 bits per heavy atom. The average Bonchev–Trinajstić information content (AvgIpc) is 2.82. The minimum absolute atomic E-state index is 0.154. The number of anilines is 3. The van der Waals surface area contributed by atoms with Crippen LogP contribution in [0.5, 0.6) is 11.5 Å². The molecule has 166 valence electrons. The van der Waals surface area contributed by atoms with Gasteiger partial charge in [-0.2, -0.15) is 0 Å². The molecule has 2 amide bonds. The Kier molecular flexibility index (Phi) is 8.09. The zero-order valence-electron chi connectivity index (χ0n) is 18.2. The lowest BCUT2D eigenvalue weighted by molar-refractivity contribution is -0.118. The predicted octanol–water partition coefficient (Wildman–Crippen LogP) is 4.79. The van der Waals surface area contributed by atoms with Crippen LogP contribution in [0.1, 0.15) is 23.7 Å². The number of carbonyl (C=O) groups is 2. The highest BCUT2D eigenvalue weighted by Crippen LogP contribution is 2.22. The average molecular weight is 434 g/mol. The molecule has 0 heterocycles. The molecular formula is C25H27N3O4. The number of rotatable bonds is 10. The molecule has 7 nitrogen and oxygen atoms in total. The molecule has 0 aliphatic heterocycles. The van der Waals surface area contributed by atoms with Crippen LogP contribution >= 0.6 is 0 Å². The first-order valence-electron chi connectivity index (χ1n) is 10.4. The largest absolute Gasteiger partial charge is 0.497 e. The van der Waals surface area contributed by atoms with E-state index in [1.807, 2.05) is 24.3 Å². The molecule has 3 aromatic rings. The molecule has 7 heteroatoms. The SMILES string of the molecule is CCCNc1ccccc1NC(=O)c1ccc(OCC(=O)Nc2cccc(OC)c2)cc1. The standard InChI is InChI=1S/C25H27N3O4/c1-3-15-26-22-9-4-5-10-23(22)28-25(30)18-11-13-20(14-12-18)32-17-24(29)27-19-7-6-8-21(16-19)31-2/h4-14,16,26H,3,15,17H2,1-2H3,(H,27,29)(H,28,30). The summed E-state index contributed by atoms with van der Waals surface area (Å²) in [5.74, 6) is 0.628. The second kappa shape index (κ2) is 11.4. The first-order valence-corrected chi connectivity index (χ1v) is 10.4. The maximum Gasteiger partial charge on any atom is 0.262 e. The number of benzene rings is 3. The fourth-order valence-electron chi connectivity index (χ4n) is 2.95. The van der Waals surface area contributed by atoms with Gasteiger partial charge in [0.25, 0.3) is 11.8 Å². The Labute approximate surface area is 187 Å². The number of ether oxygens (including phenoxy) is 2. The van der Waals surface area contributed by atoms with Crippen LogP contribution in [0.15, 0.2) is 72.8 Å². The summed E-state index contributed by atoms with van der Waals surface area (Å²) in [6.45, 7) is 2.75. The van der Waals surface area contributed by atoms with E-state index in [4.69, 9.17) is 9.47 Å². The molecule has 0 unspecified atom stereocenters. The summed E-state index contributed by atoms with van der Waals surface area (Å²) in [6, 6.07) is 21.3. The van der Waals surface area contributed by atoms with Gasteiger partial charge in [0.15, 0.2) is 6.61 Å². The molecule has 0 atom stereocenters. The van der Waals surface area contributed by atoms with Gasteiger partial charge in [-0.05, 0) is 55.0 Å². The summed E-state index contributed by atoms with van der Waals surface area (Å²) >= 11 is 0. The zero-order chi connectivity index (χ0) is 22.8. The lowest BCUT2D eigenvalue weighted by Crippen LogP contribution is -2.20. The lowest BCUT2D eigenvalue weighted by atomic mass is 10.2. The van der Waals surface area contributed by atoms with E-state index in [9.17, 15) is 9.59 Å². The van der Waals surface area contributed by atoms with Crippen molar-refractivity contribution < 1.29 is 19.1 Å². The molecule has 0 spiro atoms. The molecule has 0 fully saturated rings. The van der Waals surface area contributed by atoms with E-state index in [1.165, 1.54) is 0 Å². The number of para-hydroxylation sites is 2. The first-order chi connectivity index (χ1) is 15.6. The summed E-state index contributed by atoms with van der Waals surface area (Å²) in [7, 11) is 1.57. The summed E-state index contributed by atoms with van der Waals surface area (Å²) in [6.07, 6.45) is 0.987. The van der Waals surface area contributed by atoms with Gasteiger partial charge in [0, 0.05) is 23.9 Å². The van der Waals surface area contributed by atoms with Crippen molar-refractivity contribution in [3.05, 3.63) is 78.4 Å². The van der Waals surface area contributed by atoms with Crippen LogP contribution in [0.25, 0.3) is 0 Å². The molecule has 0 aliphatic rings. The Hall–Kier alpha value is -4.00. The molecule has 0 aromatic heterocycles. The maximum absolute atomic E-state index is 12.6. The van der Waals surface area contributed by atoms with Gasteiger partial charge in [-0.15, -0.1) is 0 Å². The van der Waals surface area contributed by atoms with Gasteiger partial charge in [0.2, 0.25) is 0 Å². The fourth-order valence-corrected chi connectivity index (χ4v) is 2.95. The van der Waals surface area contributed by atoms with Crippen LogP contribution < -0.4 is 25.4 Å². The van der Waals surface area contributed by atoms with Crippen molar-refractivity contribution in [1.82, 2.24) is 0 Å². The quantitative estimate of drug-likeness (QED) is 0.428. The second-order valence-corrected chi connectivity index (χ2v) is 7.02. The fraction of sp³-hybridized carbons (Fsp3) is 0.200. The molecule has 0 bridgehead atoms. The Bertz CT molecular complexity index is 1050. The number of carbonyl (C=O) groups excluding carboxylic acids is 2. The van der Waals surface area contributed by atoms with Crippen LogP contribution in [0.3, 0.4) is 0 Å². The van der Waals surface area contributed by atoms with E-state index in [1.54, 1.807) is 55.6 Å². The predicted molar refractivity (Wildman–Crippen MR) is 127 cm³/mol. The van der Waals surface area contributed by atoms with Crippen LogP contribution in [-0.4, -0.2) is 32.1 Å². The minimum atomic E-state index is -0.295. The van der Waals surface area contributed by atoms with Crippen molar-refractivity contribution in [2.24, 2.45) is 0 Å². The van der Waals surface area contributed by atoms with E-state index in [0.717, 1.165) is 24.3 Å². The van der Waals surface area contributed by atoms with Gasteiger partial charge in [0.05, 0.1) is 18.5 Å². The topological polar surface area (TPSA) is 88.7 Å².